The molecule has 0 heterocycles. The average molecular weight is 320 g/mol. The SMILES string of the molecule is NCCCC[C@H](NC(=O)O[C@@H](CCC(=O)O)C(=O)O)OC=O. The highest BCUT2D eigenvalue weighted by Crippen LogP contribution is 2.06. The molecule has 126 valence electrons. The Bertz CT molecular complexity index is 387. The minimum atomic E-state index is -1.60. The highest BCUT2D eigenvalue weighted by molar-refractivity contribution is 5.78. The van der Waals surface area contributed by atoms with E-state index in [0.717, 1.165) is 0 Å². The van der Waals surface area contributed by atoms with Crippen LogP contribution in [-0.4, -0.2) is 53.6 Å². The quantitative estimate of drug-likeness (QED) is 0.214. The lowest BCUT2D eigenvalue weighted by molar-refractivity contribution is -0.149. The molecule has 0 aromatic rings. The Labute approximate surface area is 126 Å². The normalized spacial score (nSPS) is 12.8. The number of carboxylic acids is 2. The van der Waals surface area contributed by atoms with Crippen LogP contribution in [0.15, 0.2) is 0 Å². The van der Waals surface area contributed by atoms with Crippen molar-refractivity contribution in [1.29, 1.82) is 0 Å². The van der Waals surface area contributed by atoms with Gasteiger partial charge < -0.3 is 25.4 Å². The number of nitrogens with one attached hydrogen (secondary N) is 1. The third-order valence-electron chi connectivity index (χ3n) is 2.56. The van der Waals surface area contributed by atoms with E-state index in [9.17, 15) is 19.2 Å². The fourth-order valence-corrected chi connectivity index (χ4v) is 1.50. The molecule has 0 unspecified atom stereocenters. The van der Waals surface area contributed by atoms with Crippen molar-refractivity contribution in [2.75, 3.05) is 6.54 Å². The predicted molar refractivity (Wildman–Crippen MR) is 71.8 cm³/mol. The number of hydrogen-bond acceptors (Lipinski definition) is 7. The summed E-state index contributed by atoms with van der Waals surface area (Å²) in [4.78, 5) is 43.2. The van der Waals surface area contributed by atoms with E-state index in [0.29, 0.717) is 19.4 Å². The number of aliphatic carboxylic acids is 2. The minimum absolute atomic E-state index is 0.145. The molecule has 2 atom stereocenters. The molecule has 0 saturated carbocycles. The highest BCUT2D eigenvalue weighted by Gasteiger charge is 2.24. The number of carbonyl (C=O) groups excluding carboxylic acids is 2. The van der Waals surface area contributed by atoms with Crippen molar-refractivity contribution in [1.82, 2.24) is 5.32 Å². The van der Waals surface area contributed by atoms with Crippen molar-refractivity contribution in [3.05, 3.63) is 0 Å². The van der Waals surface area contributed by atoms with E-state index in [-0.39, 0.29) is 19.3 Å². The van der Waals surface area contributed by atoms with Gasteiger partial charge in [-0.1, -0.05) is 0 Å². The van der Waals surface area contributed by atoms with Crippen molar-refractivity contribution in [2.45, 2.75) is 44.4 Å². The van der Waals surface area contributed by atoms with Crippen LogP contribution in [0.2, 0.25) is 0 Å². The smallest absolute Gasteiger partial charge is 0.410 e. The van der Waals surface area contributed by atoms with Crippen LogP contribution >= 0.6 is 0 Å². The first-order valence-electron chi connectivity index (χ1n) is 6.61. The molecular weight excluding hydrogens is 300 g/mol. The summed E-state index contributed by atoms with van der Waals surface area (Å²) in [6.45, 7) is 0.584. The molecule has 0 aliphatic heterocycles. The molecule has 1 amide bonds. The first kappa shape index (κ1) is 19.6. The molecule has 0 bridgehead atoms. The first-order chi connectivity index (χ1) is 10.4. The standard InChI is InChI=1S/C12H20N2O8/c13-6-2-1-3-9(21-7-15)14-12(20)22-8(11(18)19)4-5-10(16)17/h7-9H,1-6,13H2,(H,14,20)(H,16,17)(H,18,19)/t8-,9+/m0/s1. The van der Waals surface area contributed by atoms with Crippen LogP contribution in [0.5, 0.6) is 0 Å². The zero-order chi connectivity index (χ0) is 17.0. The van der Waals surface area contributed by atoms with Gasteiger partial charge in [0, 0.05) is 19.3 Å². The molecule has 0 radical (unpaired) electrons. The van der Waals surface area contributed by atoms with Gasteiger partial charge >= 0.3 is 18.0 Å². The van der Waals surface area contributed by atoms with Gasteiger partial charge in [-0.25, -0.2) is 9.59 Å². The van der Waals surface area contributed by atoms with Crippen molar-refractivity contribution < 1.29 is 38.9 Å². The van der Waals surface area contributed by atoms with Gasteiger partial charge in [0.1, 0.15) is 0 Å². The summed E-state index contributed by atoms with van der Waals surface area (Å²) in [5, 5.41) is 19.5. The third-order valence-corrected chi connectivity index (χ3v) is 2.56. The zero-order valence-corrected chi connectivity index (χ0v) is 11.9. The Kier molecular flexibility index (Phi) is 10.1. The van der Waals surface area contributed by atoms with Crippen LogP contribution in [0.25, 0.3) is 0 Å². The highest BCUT2D eigenvalue weighted by atomic mass is 16.6. The maximum absolute atomic E-state index is 11.6. The molecule has 22 heavy (non-hydrogen) atoms. The Morgan fingerprint density at radius 2 is 1.86 bits per heavy atom. The van der Waals surface area contributed by atoms with E-state index in [1.54, 1.807) is 0 Å². The maximum atomic E-state index is 11.6. The summed E-state index contributed by atoms with van der Waals surface area (Å²) in [6.07, 6.45) is -2.99. The van der Waals surface area contributed by atoms with Crippen LogP contribution in [-0.2, 0) is 23.9 Å². The number of amides is 1. The minimum Gasteiger partial charge on any atom is -0.481 e. The van der Waals surface area contributed by atoms with Gasteiger partial charge in [-0.3, -0.25) is 14.9 Å². The van der Waals surface area contributed by atoms with Gasteiger partial charge in [-0.15, -0.1) is 0 Å². The maximum Gasteiger partial charge on any atom is 0.410 e. The monoisotopic (exact) mass is 320 g/mol. The topological polar surface area (TPSA) is 165 Å². The second-order valence-electron chi connectivity index (χ2n) is 4.31. The molecule has 5 N–H and O–H groups in total. The van der Waals surface area contributed by atoms with E-state index in [1.165, 1.54) is 0 Å². The van der Waals surface area contributed by atoms with Crippen molar-refractivity contribution >= 4 is 24.5 Å². The Balaban J connectivity index is 4.40. The van der Waals surface area contributed by atoms with Gasteiger partial charge in [-0.2, -0.15) is 0 Å². The van der Waals surface area contributed by atoms with Gasteiger partial charge in [0.05, 0.1) is 0 Å². The molecular formula is C12H20N2O8. The summed E-state index contributed by atoms with van der Waals surface area (Å²) in [6, 6.07) is 0. The Morgan fingerprint density at radius 3 is 2.36 bits per heavy atom. The van der Waals surface area contributed by atoms with Crippen LogP contribution < -0.4 is 11.1 Å². The number of nitrogens with two attached hydrogens (primary N) is 1. The summed E-state index contributed by atoms with van der Waals surface area (Å²) in [7, 11) is 0. The number of carboxylic acid groups (broad SMARTS) is 2. The molecule has 0 fully saturated rings. The van der Waals surface area contributed by atoms with Crippen molar-refractivity contribution in [2.24, 2.45) is 5.73 Å². The fraction of sp³-hybridized carbons (Fsp3) is 0.667. The third kappa shape index (κ3) is 9.53. The number of unbranched alkanes of at least 4 members (excludes halogenated alkanes) is 1. The number of rotatable bonds is 12. The summed E-state index contributed by atoms with van der Waals surface area (Å²) in [5.41, 5.74) is 5.31. The number of ether oxygens (including phenoxy) is 2. The first-order valence-corrected chi connectivity index (χ1v) is 6.61. The Hall–Kier alpha value is -2.36. The van der Waals surface area contributed by atoms with Gasteiger partial charge in [-0.05, 0) is 19.4 Å². The van der Waals surface area contributed by atoms with E-state index in [4.69, 9.17) is 15.9 Å². The number of hydrogen-bond donors (Lipinski definition) is 4. The molecule has 10 heteroatoms. The number of carbonyl (C=O) groups is 4. The summed E-state index contributed by atoms with van der Waals surface area (Å²) >= 11 is 0. The van der Waals surface area contributed by atoms with Crippen LogP contribution in [0.1, 0.15) is 32.1 Å². The molecule has 0 spiro atoms. The molecule has 0 rings (SSSR count). The largest absolute Gasteiger partial charge is 0.481 e. The summed E-state index contributed by atoms with van der Waals surface area (Å²) in [5.74, 6) is -2.67. The molecule has 0 aromatic carbocycles. The summed E-state index contributed by atoms with van der Waals surface area (Å²) < 4.78 is 9.24. The van der Waals surface area contributed by atoms with E-state index in [1.807, 2.05) is 0 Å². The van der Waals surface area contributed by atoms with Crippen LogP contribution in [0.4, 0.5) is 4.79 Å². The van der Waals surface area contributed by atoms with Gasteiger partial charge in [0.25, 0.3) is 6.47 Å². The van der Waals surface area contributed by atoms with E-state index < -0.39 is 36.8 Å². The lowest BCUT2D eigenvalue weighted by Gasteiger charge is -2.18. The van der Waals surface area contributed by atoms with Crippen LogP contribution in [0.3, 0.4) is 0 Å². The predicted octanol–water partition coefficient (Wildman–Crippen LogP) is -0.341. The second-order valence-corrected chi connectivity index (χ2v) is 4.31. The molecule has 0 saturated heterocycles. The van der Waals surface area contributed by atoms with Crippen molar-refractivity contribution in [3.63, 3.8) is 0 Å². The molecule has 0 aliphatic rings. The van der Waals surface area contributed by atoms with Crippen molar-refractivity contribution in [3.8, 4) is 0 Å². The lowest BCUT2D eigenvalue weighted by Crippen LogP contribution is -2.40. The van der Waals surface area contributed by atoms with Gasteiger partial charge in [0.2, 0.25) is 6.10 Å². The van der Waals surface area contributed by atoms with Crippen LogP contribution in [0, 0.1) is 0 Å². The fourth-order valence-electron chi connectivity index (χ4n) is 1.50. The Morgan fingerprint density at radius 1 is 1.18 bits per heavy atom. The van der Waals surface area contributed by atoms with E-state index in [2.05, 4.69) is 14.8 Å². The lowest BCUT2D eigenvalue weighted by atomic mass is 10.2. The molecule has 0 aromatic heterocycles. The number of alkyl carbamates (subject to hydrolysis) is 1. The second kappa shape index (κ2) is 11.3. The zero-order valence-electron chi connectivity index (χ0n) is 11.9. The van der Waals surface area contributed by atoms with Gasteiger partial charge in [0.15, 0.2) is 6.23 Å². The van der Waals surface area contributed by atoms with E-state index >= 15 is 0 Å². The molecule has 10 nitrogen and oxygen atoms in total. The molecule has 0 aliphatic carbocycles. The average Bonchev–Trinajstić information content (AvgIpc) is 2.43.